The molecule has 2 aromatic heterocycles. The lowest BCUT2D eigenvalue weighted by Crippen LogP contribution is -2.31. The van der Waals surface area contributed by atoms with Crippen molar-refractivity contribution in [1.82, 2.24) is 4.90 Å². The normalized spacial score (nSPS) is 16.5. The van der Waals surface area contributed by atoms with Crippen molar-refractivity contribution >= 4 is 48.1 Å². The fraction of sp³-hybridized carbons (Fsp3) is 0.353. The van der Waals surface area contributed by atoms with Crippen molar-refractivity contribution in [2.45, 2.75) is 25.7 Å². The van der Waals surface area contributed by atoms with E-state index in [2.05, 4.69) is 30.3 Å². The molecule has 1 aliphatic rings. The third kappa shape index (κ3) is 2.36. The summed E-state index contributed by atoms with van der Waals surface area (Å²) in [6.45, 7) is 1.84. The van der Waals surface area contributed by atoms with Crippen molar-refractivity contribution in [3.05, 3.63) is 35.2 Å². The summed E-state index contributed by atoms with van der Waals surface area (Å²) in [5.41, 5.74) is 0. The minimum absolute atomic E-state index is 0.231. The number of carbonyl (C=O) groups excluding carboxylic acids is 1. The highest BCUT2D eigenvalue weighted by atomic mass is 32.1. The second kappa shape index (κ2) is 5.43. The molecule has 0 atom stereocenters. The van der Waals surface area contributed by atoms with E-state index < -0.39 is 0 Å². The summed E-state index contributed by atoms with van der Waals surface area (Å²) in [7, 11) is 0. The van der Waals surface area contributed by atoms with Crippen LogP contribution < -0.4 is 0 Å². The van der Waals surface area contributed by atoms with Gasteiger partial charge in [-0.15, -0.1) is 22.7 Å². The molecule has 0 saturated carbocycles. The summed E-state index contributed by atoms with van der Waals surface area (Å²) in [6.07, 6.45) is 4.81. The number of hydrogen-bond acceptors (Lipinski definition) is 3. The Bertz CT molecular complexity index is 793. The maximum Gasteiger partial charge on any atom is 0.263 e. The highest BCUT2D eigenvalue weighted by Crippen LogP contribution is 2.39. The van der Waals surface area contributed by atoms with Crippen LogP contribution in [0.4, 0.5) is 0 Å². The predicted molar refractivity (Wildman–Crippen MR) is 91.6 cm³/mol. The van der Waals surface area contributed by atoms with Gasteiger partial charge < -0.3 is 4.90 Å². The SMILES string of the molecule is O=C(c1cc2sc3ccccc3c2s1)N1CCCCCC1. The Balaban J connectivity index is 1.71. The Morgan fingerprint density at radius 3 is 2.52 bits per heavy atom. The predicted octanol–water partition coefficient (Wildman–Crippen LogP) is 5.13. The van der Waals surface area contributed by atoms with Crippen LogP contribution >= 0.6 is 22.7 Å². The van der Waals surface area contributed by atoms with Crippen molar-refractivity contribution in [3.63, 3.8) is 0 Å². The largest absolute Gasteiger partial charge is 0.338 e. The Morgan fingerprint density at radius 2 is 1.71 bits per heavy atom. The second-order valence-electron chi connectivity index (χ2n) is 5.61. The third-order valence-corrected chi connectivity index (χ3v) is 6.56. The molecule has 21 heavy (non-hydrogen) atoms. The van der Waals surface area contributed by atoms with Crippen LogP contribution in [0, 0.1) is 0 Å². The molecule has 0 spiro atoms. The summed E-state index contributed by atoms with van der Waals surface area (Å²) < 4.78 is 3.83. The number of thiophene rings is 2. The number of rotatable bonds is 1. The summed E-state index contributed by atoms with van der Waals surface area (Å²) >= 11 is 3.45. The molecule has 1 saturated heterocycles. The molecule has 1 aromatic carbocycles. The molecule has 1 fully saturated rings. The van der Waals surface area contributed by atoms with Gasteiger partial charge >= 0.3 is 0 Å². The van der Waals surface area contributed by atoms with Crippen LogP contribution in [0.15, 0.2) is 30.3 Å². The third-order valence-electron chi connectivity index (χ3n) is 4.15. The fourth-order valence-electron chi connectivity index (χ4n) is 3.03. The lowest BCUT2D eigenvalue weighted by Gasteiger charge is -2.19. The first-order chi connectivity index (χ1) is 10.3. The molecular weight excluding hydrogens is 298 g/mol. The lowest BCUT2D eigenvalue weighted by atomic mass is 10.2. The minimum atomic E-state index is 0.231. The Labute approximate surface area is 132 Å². The van der Waals surface area contributed by atoms with Gasteiger partial charge in [0.25, 0.3) is 5.91 Å². The summed E-state index contributed by atoms with van der Waals surface area (Å²) in [4.78, 5) is 15.6. The topological polar surface area (TPSA) is 20.3 Å². The molecule has 108 valence electrons. The van der Waals surface area contributed by atoms with Crippen molar-refractivity contribution < 1.29 is 4.79 Å². The maximum atomic E-state index is 12.7. The van der Waals surface area contributed by atoms with E-state index in [4.69, 9.17) is 0 Å². The fourth-order valence-corrected chi connectivity index (χ4v) is 5.53. The summed E-state index contributed by atoms with van der Waals surface area (Å²) in [5, 5.41) is 1.29. The average Bonchev–Trinajstić information content (AvgIpc) is 2.93. The van der Waals surface area contributed by atoms with Crippen LogP contribution in [-0.2, 0) is 0 Å². The monoisotopic (exact) mass is 315 g/mol. The first kappa shape index (κ1) is 13.3. The van der Waals surface area contributed by atoms with Gasteiger partial charge in [0.05, 0.1) is 9.58 Å². The molecular formula is C17H17NOS2. The van der Waals surface area contributed by atoms with Crippen LogP contribution in [0.5, 0.6) is 0 Å². The zero-order valence-electron chi connectivity index (χ0n) is 11.8. The number of fused-ring (bicyclic) bond motifs is 3. The van der Waals surface area contributed by atoms with Crippen molar-refractivity contribution in [2.24, 2.45) is 0 Å². The van der Waals surface area contributed by atoms with E-state index in [1.54, 1.807) is 22.7 Å². The van der Waals surface area contributed by atoms with Gasteiger partial charge in [-0.1, -0.05) is 31.0 Å². The van der Waals surface area contributed by atoms with Crippen LogP contribution in [-0.4, -0.2) is 23.9 Å². The van der Waals surface area contributed by atoms with Gasteiger partial charge in [-0.05, 0) is 25.0 Å². The van der Waals surface area contributed by atoms with Crippen LogP contribution in [0.25, 0.3) is 19.5 Å². The van der Waals surface area contributed by atoms with Gasteiger partial charge in [0.1, 0.15) is 0 Å². The van der Waals surface area contributed by atoms with Crippen molar-refractivity contribution in [2.75, 3.05) is 13.1 Å². The molecule has 0 radical (unpaired) electrons. The molecule has 3 aromatic rings. The summed E-state index contributed by atoms with van der Waals surface area (Å²) in [6, 6.07) is 10.6. The van der Waals surface area contributed by atoms with Crippen LogP contribution in [0.1, 0.15) is 35.4 Å². The van der Waals surface area contributed by atoms with E-state index in [9.17, 15) is 4.79 Å². The van der Waals surface area contributed by atoms with Crippen LogP contribution in [0.3, 0.4) is 0 Å². The second-order valence-corrected chi connectivity index (χ2v) is 7.74. The van der Waals surface area contributed by atoms with Crippen LogP contribution in [0.2, 0.25) is 0 Å². The molecule has 4 rings (SSSR count). The first-order valence-electron chi connectivity index (χ1n) is 7.53. The molecule has 0 unspecified atom stereocenters. The number of hydrogen-bond donors (Lipinski definition) is 0. The quantitative estimate of drug-likeness (QED) is 0.609. The Hall–Kier alpha value is -1.39. The van der Waals surface area contributed by atoms with Crippen molar-refractivity contribution in [1.29, 1.82) is 0 Å². The summed E-state index contributed by atoms with van der Waals surface area (Å²) in [5.74, 6) is 0.231. The van der Waals surface area contributed by atoms with Gasteiger partial charge in [0.2, 0.25) is 0 Å². The van der Waals surface area contributed by atoms with E-state index >= 15 is 0 Å². The number of likely N-dealkylation sites (tertiary alicyclic amines) is 1. The highest BCUT2D eigenvalue weighted by molar-refractivity contribution is 7.33. The molecule has 3 heterocycles. The van der Waals surface area contributed by atoms with Crippen molar-refractivity contribution in [3.8, 4) is 0 Å². The minimum Gasteiger partial charge on any atom is -0.338 e. The van der Waals surface area contributed by atoms with E-state index in [-0.39, 0.29) is 5.91 Å². The van der Waals surface area contributed by atoms with E-state index in [1.165, 1.54) is 32.3 Å². The highest BCUT2D eigenvalue weighted by Gasteiger charge is 2.20. The molecule has 2 nitrogen and oxygen atoms in total. The van der Waals surface area contributed by atoms with Gasteiger partial charge in [0.15, 0.2) is 0 Å². The van der Waals surface area contributed by atoms with Gasteiger partial charge in [-0.3, -0.25) is 4.79 Å². The smallest absolute Gasteiger partial charge is 0.263 e. The zero-order chi connectivity index (χ0) is 14.2. The Kier molecular flexibility index (Phi) is 3.43. The molecule has 1 aliphatic heterocycles. The number of nitrogens with zero attached hydrogens (tertiary/aromatic N) is 1. The standard InChI is InChI=1S/C17H17NOS2/c19-17(18-9-5-1-2-6-10-18)15-11-14-16(21-15)12-7-3-4-8-13(12)20-14/h3-4,7-8,11H,1-2,5-6,9-10H2. The molecule has 0 bridgehead atoms. The molecule has 0 aliphatic carbocycles. The maximum absolute atomic E-state index is 12.7. The van der Waals surface area contributed by atoms with E-state index in [1.807, 2.05) is 4.90 Å². The first-order valence-corrected chi connectivity index (χ1v) is 9.16. The molecule has 0 N–H and O–H groups in total. The average molecular weight is 315 g/mol. The van der Waals surface area contributed by atoms with Gasteiger partial charge in [-0.25, -0.2) is 0 Å². The number of carbonyl (C=O) groups is 1. The number of amides is 1. The molecule has 4 heteroatoms. The number of benzene rings is 1. The molecule has 1 amide bonds. The zero-order valence-corrected chi connectivity index (χ0v) is 13.4. The van der Waals surface area contributed by atoms with Gasteiger partial charge in [0, 0.05) is 27.9 Å². The lowest BCUT2D eigenvalue weighted by molar-refractivity contribution is 0.0766. The van der Waals surface area contributed by atoms with E-state index in [0.717, 1.165) is 30.8 Å². The van der Waals surface area contributed by atoms with E-state index in [0.29, 0.717) is 0 Å². The Morgan fingerprint density at radius 1 is 0.952 bits per heavy atom. The van der Waals surface area contributed by atoms with Gasteiger partial charge in [-0.2, -0.15) is 0 Å².